The number of sulfonamides is 1. The summed E-state index contributed by atoms with van der Waals surface area (Å²) in [7, 11) is -3.84. The first-order chi connectivity index (χ1) is 19.4. The minimum absolute atomic E-state index is 0.0200. The Hall–Kier alpha value is -3.07. The van der Waals surface area contributed by atoms with Crippen LogP contribution in [-0.4, -0.2) is 50.5 Å². The van der Waals surface area contributed by atoms with Gasteiger partial charge in [-0.1, -0.05) is 92.5 Å². The molecule has 0 aromatic heterocycles. The summed E-state index contributed by atoms with van der Waals surface area (Å²) in [5.41, 5.74) is 2.84. The maximum Gasteiger partial charge on any atom is 0.244 e. The van der Waals surface area contributed by atoms with Crippen molar-refractivity contribution in [2.75, 3.05) is 23.7 Å². The molecule has 1 atom stereocenters. The van der Waals surface area contributed by atoms with Crippen molar-refractivity contribution in [2.24, 2.45) is 5.92 Å². The number of anilines is 1. The van der Waals surface area contributed by atoms with Gasteiger partial charge in [-0.25, -0.2) is 8.42 Å². The Kier molecular flexibility index (Phi) is 11.6. The number of nitrogens with one attached hydrogen (secondary N) is 1. The summed E-state index contributed by atoms with van der Waals surface area (Å²) in [5, 5.41) is 3.73. The van der Waals surface area contributed by atoms with Crippen LogP contribution in [0.5, 0.6) is 0 Å². The number of hydrogen-bond acceptors (Lipinski definition) is 4. The predicted molar refractivity (Wildman–Crippen MR) is 167 cm³/mol. The number of aryl methyl sites for hydroxylation is 1. The van der Waals surface area contributed by atoms with Gasteiger partial charge >= 0.3 is 0 Å². The highest BCUT2D eigenvalue weighted by Gasteiger charge is 2.33. The summed E-state index contributed by atoms with van der Waals surface area (Å²) in [4.78, 5) is 29.2. The second-order valence-electron chi connectivity index (χ2n) is 10.4. The summed E-state index contributed by atoms with van der Waals surface area (Å²) in [6.45, 7) is 5.89. The Bertz CT molecular complexity index is 1430. The van der Waals surface area contributed by atoms with E-state index in [0.29, 0.717) is 27.8 Å². The number of carbonyl (C=O) groups is 2. The van der Waals surface area contributed by atoms with Gasteiger partial charge in [0.05, 0.1) is 11.9 Å². The van der Waals surface area contributed by atoms with Crippen LogP contribution < -0.4 is 9.62 Å². The fourth-order valence-corrected chi connectivity index (χ4v) is 5.64. The third kappa shape index (κ3) is 9.48. The van der Waals surface area contributed by atoms with Gasteiger partial charge in [-0.15, -0.1) is 0 Å². The van der Waals surface area contributed by atoms with Crippen LogP contribution in [0.3, 0.4) is 0 Å². The van der Waals surface area contributed by atoms with Crippen LogP contribution >= 0.6 is 23.2 Å². The number of rotatable bonds is 13. The second-order valence-corrected chi connectivity index (χ2v) is 13.1. The van der Waals surface area contributed by atoms with E-state index in [0.717, 1.165) is 28.1 Å². The van der Waals surface area contributed by atoms with E-state index < -0.39 is 28.5 Å². The van der Waals surface area contributed by atoms with Crippen molar-refractivity contribution >= 4 is 50.7 Å². The Balaban J connectivity index is 2.06. The Morgan fingerprint density at radius 3 is 2.15 bits per heavy atom. The zero-order valence-electron chi connectivity index (χ0n) is 23.8. The molecule has 0 fully saturated rings. The average Bonchev–Trinajstić information content (AvgIpc) is 2.93. The monoisotopic (exact) mass is 617 g/mol. The Morgan fingerprint density at radius 1 is 0.927 bits per heavy atom. The first-order valence-corrected chi connectivity index (χ1v) is 16.1. The third-order valence-corrected chi connectivity index (χ3v) is 8.35. The molecule has 3 rings (SSSR count). The van der Waals surface area contributed by atoms with E-state index in [2.05, 4.69) is 5.32 Å². The van der Waals surface area contributed by atoms with Crippen LogP contribution in [0.4, 0.5) is 5.69 Å². The normalized spacial score (nSPS) is 12.2. The molecule has 0 aliphatic rings. The van der Waals surface area contributed by atoms with Gasteiger partial charge in [-0.2, -0.15) is 0 Å². The molecule has 220 valence electrons. The zero-order chi connectivity index (χ0) is 30.2. The maximum absolute atomic E-state index is 14.1. The van der Waals surface area contributed by atoms with Crippen LogP contribution in [0.15, 0.2) is 72.8 Å². The van der Waals surface area contributed by atoms with Crippen LogP contribution in [0.1, 0.15) is 37.5 Å². The maximum atomic E-state index is 14.1. The van der Waals surface area contributed by atoms with Gasteiger partial charge < -0.3 is 10.2 Å². The van der Waals surface area contributed by atoms with E-state index in [-0.39, 0.29) is 24.8 Å². The van der Waals surface area contributed by atoms with Gasteiger partial charge in [0.25, 0.3) is 0 Å². The summed E-state index contributed by atoms with van der Waals surface area (Å²) in [5.74, 6) is -0.682. The van der Waals surface area contributed by atoms with E-state index in [4.69, 9.17) is 23.2 Å². The van der Waals surface area contributed by atoms with E-state index in [1.54, 1.807) is 30.3 Å². The first kappa shape index (κ1) is 32.4. The molecule has 1 unspecified atom stereocenters. The molecule has 2 amide bonds. The molecule has 0 aliphatic carbocycles. The van der Waals surface area contributed by atoms with Crippen molar-refractivity contribution < 1.29 is 18.0 Å². The lowest BCUT2D eigenvalue weighted by molar-refractivity contribution is -0.140. The van der Waals surface area contributed by atoms with Crippen LogP contribution in [-0.2, 0) is 39.0 Å². The first-order valence-electron chi connectivity index (χ1n) is 13.5. The molecule has 10 heteroatoms. The predicted octanol–water partition coefficient (Wildman–Crippen LogP) is 5.73. The topological polar surface area (TPSA) is 86.8 Å². The molecule has 41 heavy (non-hydrogen) atoms. The van der Waals surface area contributed by atoms with Gasteiger partial charge in [-0.05, 0) is 53.3 Å². The van der Waals surface area contributed by atoms with Gasteiger partial charge in [0, 0.05) is 29.6 Å². The summed E-state index contributed by atoms with van der Waals surface area (Å²) in [6, 6.07) is 20.4. The van der Waals surface area contributed by atoms with Crippen molar-refractivity contribution in [1.82, 2.24) is 10.2 Å². The molecule has 3 aromatic carbocycles. The van der Waals surface area contributed by atoms with E-state index in [1.165, 1.54) is 4.90 Å². The molecule has 1 N–H and O–H groups in total. The molecule has 0 bridgehead atoms. The molecule has 0 saturated heterocycles. The molecule has 3 aromatic rings. The van der Waals surface area contributed by atoms with E-state index >= 15 is 0 Å². The van der Waals surface area contributed by atoms with Gasteiger partial charge in [-0.3, -0.25) is 13.9 Å². The summed E-state index contributed by atoms with van der Waals surface area (Å²) >= 11 is 12.6. The quantitative estimate of drug-likeness (QED) is 0.265. The van der Waals surface area contributed by atoms with E-state index in [1.807, 2.05) is 63.2 Å². The summed E-state index contributed by atoms with van der Waals surface area (Å²) < 4.78 is 26.9. The smallest absolute Gasteiger partial charge is 0.244 e. The lowest BCUT2D eigenvalue weighted by Gasteiger charge is -2.34. The number of nitrogens with zero attached hydrogens (tertiary/aromatic N) is 2. The van der Waals surface area contributed by atoms with Crippen molar-refractivity contribution in [1.29, 1.82) is 0 Å². The van der Waals surface area contributed by atoms with Crippen molar-refractivity contribution in [3.63, 3.8) is 0 Å². The number of amides is 2. The molecule has 0 aliphatic heterocycles. The minimum Gasteiger partial charge on any atom is -0.354 e. The minimum atomic E-state index is -3.84. The lowest BCUT2D eigenvalue weighted by Crippen LogP contribution is -2.53. The molecular weight excluding hydrogens is 581 g/mol. The molecular formula is C31H37Cl2N3O4S. The standard InChI is InChI=1S/C31H37Cl2N3O4S/c1-5-23-11-15-27(16-12-23)36(41(4,39)40)21-30(37)35(20-25-13-14-26(32)18-28(25)33)29(31(38)34-19-22(2)3)17-24-9-7-6-8-10-24/h6-16,18,22,29H,5,17,19-21H2,1-4H3,(H,34,38). The second kappa shape index (κ2) is 14.7. The largest absolute Gasteiger partial charge is 0.354 e. The SMILES string of the molecule is CCc1ccc(N(CC(=O)N(Cc2ccc(Cl)cc2Cl)C(Cc2ccccc2)C(=O)NCC(C)C)S(C)(=O)=O)cc1. The highest BCUT2D eigenvalue weighted by molar-refractivity contribution is 7.92. The fourth-order valence-electron chi connectivity index (χ4n) is 4.32. The van der Waals surface area contributed by atoms with Crippen LogP contribution in [0.25, 0.3) is 0 Å². The highest BCUT2D eigenvalue weighted by atomic mass is 35.5. The lowest BCUT2D eigenvalue weighted by atomic mass is 10.0. The number of hydrogen-bond donors (Lipinski definition) is 1. The Morgan fingerprint density at radius 2 is 1.59 bits per heavy atom. The molecule has 0 spiro atoms. The van der Waals surface area contributed by atoms with Crippen molar-refractivity contribution in [2.45, 2.75) is 46.2 Å². The van der Waals surface area contributed by atoms with Gasteiger partial charge in [0.2, 0.25) is 21.8 Å². The van der Waals surface area contributed by atoms with Gasteiger partial charge in [0.15, 0.2) is 0 Å². The number of carbonyl (C=O) groups excluding carboxylic acids is 2. The third-order valence-electron chi connectivity index (χ3n) is 6.62. The van der Waals surface area contributed by atoms with Gasteiger partial charge in [0.1, 0.15) is 12.6 Å². The zero-order valence-corrected chi connectivity index (χ0v) is 26.1. The average molecular weight is 619 g/mol. The number of benzene rings is 3. The number of halogens is 2. The highest BCUT2D eigenvalue weighted by Crippen LogP contribution is 2.25. The fraction of sp³-hybridized carbons (Fsp3) is 0.355. The van der Waals surface area contributed by atoms with Crippen molar-refractivity contribution in [3.05, 3.63) is 99.5 Å². The molecule has 0 radical (unpaired) electrons. The van der Waals surface area contributed by atoms with Crippen LogP contribution in [0.2, 0.25) is 10.0 Å². The van der Waals surface area contributed by atoms with Crippen LogP contribution in [0, 0.1) is 5.92 Å². The van der Waals surface area contributed by atoms with Crippen molar-refractivity contribution in [3.8, 4) is 0 Å². The molecule has 0 saturated carbocycles. The Labute approximate surface area is 253 Å². The van der Waals surface area contributed by atoms with E-state index in [9.17, 15) is 18.0 Å². The molecule has 0 heterocycles. The molecule has 7 nitrogen and oxygen atoms in total. The summed E-state index contributed by atoms with van der Waals surface area (Å²) in [6.07, 6.45) is 2.08.